The van der Waals surface area contributed by atoms with E-state index < -0.39 is 33.2 Å². The Morgan fingerprint density at radius 2 is 1.90 bits per heavy atom. The molecule has 0 saturated heterocycles. The van der Waals surface area contributed by atoms with Crippen molar-refractivity contribution in [3.8, 4) is 5.75 Å². The van der Waals surface area contributed by atoms with E-state index in [1.165, 1.54) is 14.1 Å². The molecule has 0 heterocycles. The van der Waals surface area contributed by atoms with E-state index in [4.69, 9.17) is 16.3 Å². The molecule has 2 unspecified atom stereocenters. The van der Waals surface area contributed by atoms with Crippen molar-refractivity contribution in [3.63, 3.8) is 0 Å². The molecule has 10 heteroatoms. The van der Waals surface area contributed by atoms with Gasteiger partial charge in [0, 0.05) is 25.6 Å². The smallest absolute Gasteiger partial charge is 0.303 e. The van der Waals surface area contributed by atoms with Crippen LogP contribution in [-0.4, -0.2) is 45.0 Å². The largest absolute Gasteiger partial charge is 0.491 e. The molecule has 1 N–H and O–H groups in total. The highest BCUT2D eigenvalue weighted by atomic mass is 35.5. The molecule has 5 rings (SSSR count). The molecule has 0 aliphatic heterocycles. The van der Waals surface area contributed by atoms with E-state index in [2.05, 4.69) is 0 Å². The summed E-state index contributed by atoms with van der Waals surface area (Å²) in [6, 6.07) is 2.02. The zero-order valence-corrected chi connectivity index (χ0v) is 18.5. The molecule has 4 saturated carbocycles. The lowest BCUT2D eigenvalue weighted by Crippen LogP contribution is -2.55. The first-order valence-electron chi connectivity index (χ1n) is 9.96. The number of nitrogens with zero attached hydrogens (tertiary/aromatic N) is 1. The summed E-state index contributed by atoms with van der Waals surface area (Å²) >= 11 is 6.19. The first-order valence-corrected chi connectivity index (χ1v) is 11.8. The SMILES string of the molecule is CN(C)S(=O)(=O)NC(=O)c1cc(Cl)c(OCC23CC4CC(CC(F)(C4)C2)C3)cc1F. The lowest BCUT2D eigenvalue weighted by molar-refractivity contribution is -0.136. The summed E-state index contributed by atoms with van der Waals surface area (Å²) in [6.07, 6.45) is 4.58. The van der Waals surface area contributed by atoms with Crippen molar-refractivity contribution < 1.29 is 26.7 Å². The molecule has 166 valence electrons. The monoisotopic (exact) mass is 462 g/mol. The van der Waals surface area contributed by atoms with E-state index in [9.17, 15) is 17.6 Å². The average molecular weight is 463 g/mol. The van der Waals surface area contributed by atoms with Gasteiger partial charge in [0.2, 0.25) is 0 Å². The van der Waals surface area contributed by atoms with Gasteiger partial charge in [-0.15, -0.1) is 0 Å². The predicted molar refractivity (Wildman–Crippen MR) is 108 cm³/mol. The van der Waals surface area contributed by atoms with Crippen molar-refractivity contribution in [2.45, 2.75) is 44.2 Å². The number of alkyl halides is 1. The van der Waals surface area contributed by atoms with Gasteiger partial charge >= 0.3 is 10.2 Å². The molecule has 4 fully saturated rings. The van der Waals surface area contributed by atoms with Gasteiger partial charge in [-0.25, -0.2) is 13.5 Å². The van der Waals surface area contributed by atoms with Crippen LogP contribution in [0.5, 0.6) is 5.75 Å². The summed E-state index contributed by atoms with van der Waals surface area (Å²) in [5, 5.41) is -0.0107. The van der Waals surface area contributed by atoms with Crippen LogP contribution in [0.25, 0.3) is 0 Å². The lowest BCUT2D eigenvalue weighted by Gasteiger charge is -2.58. The van der Waals surface area contributed by atoms with Gasteiger partial charge in [0.1, 0.15) is 17.2 Å². The van der Waals surface area contributed by atoms with Gasteiger partial charge in [0.15, 0.2) is 0 Å². The van der Waals surface area contributed by atoms with Crippen LogP contribution in [0.4, 0.5) is 8.78 Å². The van der Waals surface area contributed by atoms with Crippen molar-refractivity contribution in [2.75, 3.05) is 20.7 Å². The highest BCUT2D eigenvalue weighted by Gasteiger charge is 2.58. The molecule has 0 aromatic heterocycles. The lowest BCUT2D eigenvalue weighted by atomic mass is 9.49. The second-order valence-electron chi connectivity index (χ2n) is 9.38. The number of hydrogen-bond donors (Lipinski definition) is 1. The van der Waals surface area contributed by atoms with Crippen LogP contribution in [0.3, 0.4) is 0 Å². The molecule has 1 aromatic rings. The zero-order chi connectivity index (χ0) is 21.9. The van der Waals surface area contributed by atoms with E-state index in [1.54, 1.807) is 4.72 Å². The fraction of sp³-hybridized carbons (Fsp3) is 0.650. The van der Waals surface area contributed by atoms with Crippen LogP contribution in [0, 0.1) is 23.1 Å². The Bertz CT molecular complexity index is 971. The number of rotatable bonds is 6. The minimum absolute atomic E-state index is 0.0107. The molecule has 2 atom stereocenters. The van der Waals surface area contributed by atoms with E-state index in [1.807, 2.05) is 0 Å². The molecule has 0 radical (unpaired) electrons. The maximum atomic E-state index is 15.1. The Kier molecular flexibility index (Phi) is 5.30. The Balaban J connectivity index is 1.49. The number of ether oxygens (including phenoxy) is 1. The van der Waals surface area contributed by atoms with Crippen LogP contribution in [0.2, 0.25) is 5.02 Å². The Hall–Kier alpha value is -1.45. The van der Waals surface area contributed by atoms with E-state index >= 15 is 4.39 Å². The van der Waals surface area contributed by atoms with Crippen LogP contribution >= 0.6 is 11.6 Å². The molecule has 4 aliphatic carbocycles. The number of amides is 1. The fourth-order valence-corrected chi connectivity index (χ4v) is 6.56. The topological polar surface area (TPSA) is 75.7 Å². The molecule has 0 spiro atoms. The van der Waals surface area contributed by atoms with Gasteiger partial charge < -0.3 is 4.74 Å². The van der Waals surface area contributed by atoms with Crippen molar-refractivity contribution in [3.05, 3.63) is 28.5 Å². The maximum absolute atomic E-state index is 15.1. The van der Waals surface area contributed by atoms with Crippen LogP contribution in [0.15, 0.2) is 12.1 Å². The number of nitrogens with one attached hydrogen (secondary N) is 1. The fourth-order valence-electron chi connectivity index (χ4n) is 5.81. The normalized spacial score (nSPS) is 32.5. The van der Waals surface area contributed by atoms with E-state index in [0.29, 0.717) is 31.1 Å². The summed E-state index contributed by atoms with van der Waals surface area (Å²) in [7, 11) is -1.59. The second kappa shape index (κ2) is 7.31. The molecule has 1 aromatic carbocycles. The van der Waals surface area contributed by atoms with Crippen LogP contribution in [-0.2, 0) is 10.2 Å². The predicted octanol–water partition coefficient (Wildman–Crippen LogP) is 3.70. The molecule has 4 aliphatic rings. The molecule has 1 amide bonds. The highest BCUT2D eigenvalue weighted by Crippen LogP contribution is 2.63. The number of halogens is 3. The van der Waals surface area contributed by atoms with Gasteiger partial charge in [0.25, 0.3) is 5.91 Å². The number of benzene rings is 1. The summed E-state index contributed by atoms with van der Waals surface area (Å²) in [6.45, 7) is 0.241. The summed E-state index contributed by atoms with van der Waals surface area (Å²) in [5.74, 6) is -1.28. The van der Waals surface area contributed by atoms with E-state index in [0.717, 1.165) is 35.7 Å². The van der Waals surface area contributed by atoms with Crippen molar-refractivity contribution in [2.24, 2.45) is 17.3 Å². The van der Waals surface area contributed by atoms with Crippen LogP contribution in [0.1, 0.15) is 48.9 Å². The molecule has 4 bridgehead atoms. The highest BCUT2D eigenvalue weighted by molar-refractivity contribution is 7.87. The summed E-state index contributed by atoms with van der Waals surface area (Å²) in [5.41, 5.74) is -1.90. The second-order valence-corrected chi connectivity index (χ2v) is 11.7. The number of hydrogen-bond acceptors (Lipinski definition) is 4. The molecular weight excluding hydrogens is 438 g/mol. The minimum atomic E-state index is -4.07. The third-order valence-corrected chi connectivity index (χ3v) is 8.31. The third-order valence-electron chi connectivity index (χ3n) is 6.61. The third kappa shape index (κ3) is 4.03. The summed E-state index contributed by atoms with van der Waals surface area (Å²) < 4.78 is 61.6. The summed E-state index contributed by atoms with van der Waals surface area (Å²) in [4.78, 5) is 12.2. The average Bonchev–Trinajstić information content (AvgIpc) is 2.59. The molecule has 30 heavy (non-hydrogen) atoms. The first-order chi connectivity index (χ1) is 13.9. The molecule has 6 nitrogen and oxygen atoms in total. The van der Waals surface area contributed by atoms with Crippen molar-refractivity contribution in [1.82, 2.24) is 9.03 Å². The molecular formula is C20H25ClF2N2O4S. The van der Waals surface area contributed by atoms with Crippen LogP contribution < -0.4 is 9.46 Å². The quantitative estimate of drug-likeness (QED) is 0.699. The Morgan fingerprint density at radius 1 is 1.27 bits per heavy atom. The van der Waals surface area contributed by atoms with Gasteiger partial charge in [-0.2, -0.15) is 12.7 Å². The first kappa shape index (κ1) is 21.8. The maximum Gasteiger partial charge on any atom is 0.303 e. The number of carbonyl (C=O) groups is 1. The van der Waals surface area contributed by atoms with Crippen molar-refractivity contribution in [1.29, 1.82) is 0 Å². The standard InChI is InChI=1S/C20H25ClF2N2O4S/c1-25(2)30(27,28)24-18(26)14-4-15(21)17(5-16(14)22)29-11-19-6-12-3-13(7-19)9-20(23,8-12)10-19/h4-5,12-13H,3,6-11H2,1-2H3,(H,24,26). The van der Waals surface area contributed by atoms with Gasteiger partial charge in [0.05, 0.1) is 17.2 Å². The van der Waals surface area contributed by atoms with Gasteiger partial charge in [-0.3, -0.25) is 4.79 Å². The number of carbonyl (C=O) groups excluding carboxylic acids is 1. The Labute approximate surface area is 180 Å². The Morgan fingerprint density at radius 3 is 2.47 bits per heavy atom. The van der Waals surface area contributed by atoms with Crippen molar-refractivity contribution >= 4 is 27.7 Å². The van der Waals surface area contributed by atoms with Gasteiger partial charge in [-0.1, -0.05) is 11.6 Å². The minimum Gasteiger partial charge on any atom is -0.491 e. The zero-order valence-electron chi connectivity index (χ0n) is 16.9. The van der Waals surface area contributed by atoms with E-state index in [-0.39, 0.29) is 22.8 Å². The van der Waals surface area contributed by atoms with Gasteiger partial charge in [-0.05, 0) is 56.4 Å².